The van der Waals surface area contributed by atoms with E-state index in [1.807, 2.05) is 42.5 Å². The van der Waals surface area contributed by atoms with Gasteiger partial charge >= 0.3 is 5.91 Å². The highest BCUT2D eigenvalue weighted by Gasteiger charge is 2.48. The van der Waals surface area contributed by atoms with Crippen LogP contribution < -0.4 is 14.4 Å². The molecule has 8 heteroatoms. The third kappa shape index (κ3) is 4.51. The molecule has 1 unspecified atom stereocenters. The van der Waals surface area contributed by atoms with Crippen molar-refractivity contribution in [3.8, 4) is 17.2 Å². The number of hydrogen-bond donors (Lipinski definition) is 1. The van der Waals surface area contributed by atoms with Crippen LogP contribution in [-0.2, 0) is 9.59 Å². The molecule has 1 fully saturated rings. The first kappa shape index (κ1) is 24.4. The third-order valence-electron chi connectivity index (χ3n) is 6.43. The molecule has 1 saturated heterocycles. The number of nitrogens with zero attached hydrogens (tertiary/aromatic N) is 2. The van der Waals surface area contributed by atoms with Gasteiger partial charge in [0, 0.05) is 5.56 Å². The monoisotopic (exact) mass is 534 g/mol. The Morgan fingerprint density at radius 1 is 0.846 bits per heavy atom. The normalized spacial score (nSPS) is 16.5. The van der Waals surface area contributed by atoms with E-state index >= 15 is 0 Å². The molecule has 0 saturated carbocycles. The van der Waals surface area contributed by atoms with E-state index in [4.69, 9.17) is 9.47 Å². The predicted octanol–water partition coefficient (Wildman–Crippen LogP) is 6.72. The van der Waals surface area contributed by atoms with Crippen molar-refractivity contribution in [1.82, 2.24) is 4.98 Å². The number of thiazole rings is 1. The molecule has 5 aromatic rings. The largest absolute Gasteiger partial charge is 0.507 e. The molecule has 192 valence electrons. The van der Waals surface area contributed by atoms with Crippen molar-refractivity contribution in [3.63, 3.8) is 0 Å². The zero-order chi connectivity index (χ0) is 26.9. The number of aromatic nitrogens is 1. The summed E-state index contributed by atoms with van der Waals surface area (Å²) in [7, 11) is 1.58. The van der Waals surface area contributed by atoms with Crippen LogP contribution in [0.25, 0.3) is 16.0 Å². The number of amides is 1. The summed E-state index contributed by atoms with van der Waals surface area (Å²) in [4.78, 5) is 33.1. The second kappa shape index (κ2) is 10.1. The predicted molar refractivity (Wildman–Crippen MR) is 150 cm³/mol. The Morgan fingerprint density at radius 2 is 1.56 bits per heavy atom. The van der Waals surface area contributed by atoms with Gasteiger partial charge in [0.2, 0.25) is 0 Å². The standard InChI is InChI=1S/C31H22N2O5S/c1-37-22-15-16-24-25(18-22)39-31(32-24)33-27(20-11-8-14-23(17-20)38-21-12-6-3-7-13-21)26(29(35)30(33)36)28(34)19-9-4-2-5-10-19/h2-18,27,34H,1H3/b28-26+. The molecule has 7 nitrogen and oxygen atoms in total. The van der Waals surface area contributed by atoms with E-state index in [1.54, 1.807) is 67.8 Å². The lowest BCUT2D eigenvalue weighted by Crippen LogP contribution is -2.29. The van der Waals surface area contributed by atoms with Crippen molar-refractivity contribution in [1.29, 1.82) is 0 Å². The molecule has 1 N–H and O–H groups in total. The smallest absolute Gasteiger partial charge is 0.301 e. The molecule has 1 atom stereocenters. The Bertz CT molecular complexity index is 1730. The lowest BCUT2D eigenvalue weighted by molar-refractivity contribution is -0.132. The van der Waals surface area contributed by atoms with Crippen LogP contribution in [0.2, 0.25) is 0 Å². The van der Waals surface area contributed by atoms with Crippen molar-refractivity contribution >= 4 is 44.1 Å². The van der Waals surface area contributed by atoms with Gasteiger partial charge in [0.25, 0.3) is 5.78 Å². The topological polar surface area (TPSA) is 89.0 Å². The second-order valence-corrected chi connectivity index (χ2v) is 9.86. The maximum atomic E-state index is 13.6. The van der Waals surface area contributed by atoms with E-state index < -0.39 is 17.7 Å². The number of anilines is 1. The minimum Gasteiger partial charge on any atom is -0.507 e. The minimum absolute atomic E-state index is 0.0140. The minimum atomic E-state index is -0.924. The molecule has 2 heterocycles. The van der Waals surface area contributed by atoms with Crippen molar-refractivity contribution in [2.75, 3.05) is 12.0 Å². The van der Waals surface area contributed by atoms with Crippen molar-refractivity contribution in [2.24, 2.45) is 0 Å². The van der Waals surface area contributed by atoms with Gasteiger partial charge < -0.3 is 14.6 Å². The molecule has 39 heavy (non-hydrogen) atoms. The SMILES string of the molecule is COc1ccc2nc(N3C(=O)C(=O)/C(=C(/O)c4ccccc4)C3c3cccc(Oc4ccccc4)c3)sc2c1. The Morgan fingerprint density at radius 3 is 2.31 bits per heavy atom. The van der Waals surface area contributed by atoms with Crippen LogP contribution in [0.4, 0.5) is 5.13 Å². The summed E-state index contributed by atoms with van der Waals surface area (Å²) in [6, 6.07) is 29.7. The summed E-state index contributed by atoms with van der Waals surface area (Å²) < 4.78 is 12.2. The molecule has 1 aliphatic rings. The average molecular weight is 535 g/mol. The number of rotatable bonds is 6. The number of methoxy groups -OCH3 is 1. The number of ether oxygens (including phenoxy) is 2. The van der Waals surface area contributed by atoms with Gasteiger partial charge in [-0.25, -0.2) is 4.98 Å². The summed E-state index contributed by atoms with van der Waals surface area (Å²) in [6.45, 7) is 0. The molecule has 0 aliphatic carbocycles. The molecule has 0 radical (unpaired) electrons. The number of carbonyl (C=O) groups is 2. The van der Waals surface area contributed by atoms with Crippen LogP contribution in [0.5, 0.6) is 17.2 Å². The summed E-state index contributed by atoms with van der Waals surface area (Å²) in [5, 5.41) is 11.7. The van der Waals surface area contributed by atoms with Crippen molar-refractivity contribution in [3.05, 3.63) is 120 Å². The van der Waals surface area contributed by atoms with E-state index in [-0.39, 0.29) is 11.3 Å². The first-order valence-corrected chi connectivity index (χ1v) is 13.0. The number of carbonyl (C=O) groups excluding carboxylic acids is 2. The van der Waals surface area contributed by atoms with Gasteiger partial charge in [-0.05, 0) is 48.0 Å². The second-order valence-electron chi connectivity index (χ2n) is 8.85. The average Bonchev–Trinajstić information content (AvgIpc) is 3.51. The molecule has 4 aromatic carbocycles. The first-order valence-electron chi connectivity index (χ1n) is 12.2. The Hall–Kier alpha value is -4.95. The van der Waals surface area contributed by atoms with Crippen LogP contribution in [0.1, 0.15) is 17.2 Å². The van der Waals surface area contributed by atoms with Crippen LogP contribution in [0, 0.1) is 0 Å². The summed E-state index contributed by atoms with van der Waals surface area (Å²) in [5.74, 6) is 0.0290. The van der Waals surface area contributed by atoms with Gasteiger partial charge in [-0.3, -0.25) is 14.5 Å². The van der Waals surface area contributed by atoms with Crippen LogP contribution >= 0.6 is 11.3 Å². The highest BCUT2D eigenvalue weighted by Crippen LogP contribution is 2.45. The number of benzene rings is 4. The number of hydrogen-bond acceptors (Lipinski definition) is 7. The van der Waals surface area contributed by atoms with E-state index in [0.29, 0.717) is 39.0 Å². The number of Topliss-reactive ketones (excluding diaryl/α,β-unsaturated/α-hetero) is 1. The quantitative estimate of drug-likeness (QED) is 0.148. The number of aliphatic hydroxyl groups excluding tert-OH is 1. The zero-order valence-corrected chi connectivity index (χ0v) is 21.6. The highest BCUT2D eigenvalue weighted by atomic mass is 32.1. The number of ketones is 1. The van der Waals surface area contributed by atoms with Gasteiger partial charge in [0.05, 0.1) is 28.9 Å². The van der Waals surface area contributed by atoms with Gasteiger partial charge in [0.15, 0.2) is 5.13 Å². The maximum Gasteiger partial charge on any atom is 0.301 e. The third-order valence-corrected chi connectivity index (χ3v) is 7.45. The lowest BCUT2D eigenvalue weighted by Gasteiger charge is -2.23. The fourth-order valence-corrected chi connectivity index (χ4v) is 5.61. The lowest BCUT2D eigenvalue weighted by atomic mass is 9.95. The van der Waals surface area contributed by atoms with Crippen molar-refractivity contribution < 1.29 is 24.2 Å². The van der Waals surface area contributed by atoms with E-state index in [9.17, 15) is 14.7 Å². The maximum absolute atomic E-state index is 13.6. The Balaban J connectivity index is 1.51. The van der Waals surface area contributed by atoms with Gasteiger partial charge in [0.1, 0.15) is 23.0 Å². The molecular weight excluding hydrogens is 512 g/mol. The Labute approximate surface area is 228 Å². The molecule has 6 rings (SSSR count). The molecule has 1 amide bonds. The summed E-state index contributed by atoms with van der Waals surface area (Å²) in [5.41, 5.74) is 1.68. The first-order chi connectivity index (χ1) is 19.0. The number of para-hydroxylation sites is 1. The van der Waals surface area contributed by atoms with Crippen LogP contribution in [0.15, 0.2) is 109 Å². The molecule has 1 aromatic heterocycles. The van der Waals surface area contributed by atoms with Crippen LogP contribution in [0.3, 0.4) is 0 Å². The van der Waals surface area contributed by atoms with Gasteiger partial charge in [-0.15, -0.1) is 0 Å². The van der Waals surface area contributed by atoms with E-state index in [2.05, 4.69) is 4.98 Å². The summed E-state index contributed by atoms with van der Waals surface area (Å²) >= 11 is 1.27. The fraction of sp³-hybridized carbons (Fsp3) is 0.0645. The number of aliphatic hydroxyl groups is 1. The molecule has 1 aliphatic heterocycles. The Kier molecular flexibility index (Phi) is 6.30. The molecular formula is C31H22N2O5S. The summed E-state index contributed by atoms with van der Waals surface area (Å²) in [6.07, 6.45) is 0. The fourth-order valence-electron chi connectivity index (χ4n) is 4.59. The molecule has 0 spiro atoms. The zero-order valence-electron chi connectivity index (χ0n) is 20.8. The van der Waals surface area contributed by atoms with Crippen LogP contribution in [-0.4, -0.2) is 28.9 Å². The van der Waals surface area contributed by atoms with E-state index in [1.165, 1.54) is 16.2 Å². The van der Waals surface area contributed by atoms with Gasteiger partial charge in [-0.1, -0.05) is 72.0 Å². The highest BCUT2D eigenvalue weighted by molar-refractivity contribution is 7.22. The van der Waals surface area contributed by atoms with Crippen molar-refractivity contribution in [2.45, 2.75) is 6.04 Å². The molecule has 0 bridgehead atoms. The number of fused-ring (bicyclic) bond motifs is 1. The van der Waals surface area contributed by atoms with Gasteiger partial charge in [-0.2, -0.15) is 0 Å². The van der Waals surface area contributed by atoms with E-state index in [0.717, 1.165) is 4.70 Å².